The third-order valence-electron chi connectivity index (χ3n) is 1.54. The molecule has 0 aromatic carbocycles. The summed E-state index contributed by atoms with van der Waals surface area (Å²) in [7, 11) is 0. The van der Waals surface area contributed by atoms with Gasteiger partial charge in [0.2, 0.25) is 0 Å². The topological polar surface area (TPSA) is 121 Å². The summed E-state index contributed by atoms with van der Waals surface area (Å²) in [5.74, 6) is -2.28. The summed E-state index contributed by atoms with van der Waals surface area (Å²) in [6, 6.07) is 0. The van der Waals surface area contributed by atoms with Gasteiger partial charge in [0, 0.05) is 6.54 Å². The van der Waals surface area contributed by atoms with Gasteiger partial charge in [0.1, 0.15) is 0 Å². The van der Waals surface area contributed by atoms with Crippen LogP contribution in [0.1, 0.15) is 17.5 Å². The molecule has 0 saturated heterocycles. The van der Waals surface area contributed by atoms with Crippen LogP contribution in [0.4, 0.5) is 0 Å². The molecule has 0 aliphatic heterocycles. The molecular formula is C6H9N5O3. The lowest BCUT2D eigenvalue weighted by Crippen LogP contribution is -2.32. The van der Waals surface area contributed by atoms with Crippen molar-refractivity contribution in [2.75, 3.05) is 6.54 Å². The number of aromatic amines is 1. The van der Waals surface area contributed by atoms with Gasteiger partial charge in [0.25, 0.3) is 11.7 Å². The lowest BCUT2D eigenvalue weighted by Gasteiger charge is -2.05. The van der Waals surface area contributed by atoms with E-state index >= 15 is 0 Å². The number of aliphatic carboxylic acids is 1. The van der Waals surface area contributed by atoms with Crippen LogP contribution >= 0.6 is 0 Å². The van der Waals surface area contributed by atoms with Crippen molar-refractivity contribution < 1.29 is 14.7 Å². The number of aromatic nitrogens is 4. The number of amides is 1. The molecule has 3 N–H and O–H groups in total. The Labute approximate surface area is 78.7 Å². The Morgan fingerprint density at radius 3 is 2.86 bits per heavy atom. The van der Waals surface area contributed by atoms with Crippen molar-refractivity contribution in [2.24, 2.45) is 5.92 Å². The van der Waals surface area contributed by atoms with E-state index in [4.69, 9.17) is 5.11 Å². The summed E-state index contributed by atoms with van der Waals surface area (Å²) in [5, 5.41) is 23.1. The molecule has 1 atom stereocenters. The number of tetrazole rings is 1. The van der Waals surface area contributed by atoms with Crippen LogP contribution in [0.15, 0.2) is 0 Å². The molecule has 1 amide bonds. The van der Waals surface area contributed by atoms with Crippen LogP contribution in [-0.2, 0) is 4.79 Å². The summed E-state index contributed by atoms with van der Waals surface area (Å²) in [4.78, 5) is 21.5. The molecule has 1 rings (SSSR count). The van der Waals surface area contributed by atoms with Crippen molar-refractivity contribution in [3.63, 3.8) is 0 Å². The van der Waals surface area contributed by atoms with Crippen LogP contribution in [0, 0.1) is 5.92 Å². The Morgan fingerprint density at radius 1 is 1.64 bits per heavy atom. The van der Waals surface area contributed by atoms with Gasteiger partial charge in [-0.2, -0.15) is 5.21 Å². The molecule has 0 saturated carbocycles. The number of nitrogens with one attached hydrogen (secondary N) is 2. The first kappa shape index (κ1) is 10.1. The molecule has 14 heavy (non-hydrogen) atoms. The quantitative estimate of drug-likeness (QED) is 0.551. The lowest BCUT2D eigenvalue weighted by molar-refractivity contribution is -0.140. The average molecular weight is 199 g/mol. The number of carbonyl (C=O) groups excluding carboxylic acids is 1. The predicted molar refractivity (Wildman–Crippen MR) is 43.3 cm³/mol. The maximum absolute atomic E-state index is 11.1. The second kappa shape index (κ2) is 4.30. The van der Waals surface area contributed by atoms with Crippen molar-refractivity contribution in [1.82, 2.24) is 25.9 Å². The van der Waals surface area contributed by atoms with E-state index in [-0.39, 0.29) is 12.4 Å². The highest BCUT2D eigenvalue weighted by Crippen LogP contribution is 1.92. The molecule has 1 aromatic rings. The molecule has 8 nitrogen and oxygen atoms in total. The number of hydrogen-bond acceptors (Lipinski definition) is 5. The third-order valence-corrected chi connectivity index (χ3v) is 1.54. The van der Waals surface area contributed by atoms with Crippen molar-refractivity contribution in [3.8, 4) is 0 Å². The fourth-order valence-electron chi connectivity index (χ4n) is 0.670. The number of carbonyl (C=O) groups is 2. The number of hydrogen-bond donors (Lipinski definition) is 3. The SMILES string of the molecule is CC(CNC(=O)c1nn[nH]n1)C(=O)O. The molecule has 0 fully saturated rings. The van der Waals surface area contributed by atoms with E-state index in [1.165, 1.54) is 6.92 Å². The smallest absolute Gasteiger partial charge is 0.308 e. The summed E-state index contributed by atoms with van der Waals surface area (Å²) >= 11 is 0. The molecule has 0 bridgehead atoms. The lowest BCUT2D eigenvalue weighted by atomic mass is 10.2. The maximum atomic E-state index is 11.1. The number of carboxylic acids is 1. The molecule has 1 aromatic heterocycles. The second-order valence-corrected chi connectivity index (χ2v) is 2.68. The van der Waals surface area contributed by atoms with Gasteiger partial charge in [-0.3, -0.25) is 9.59 Å². The van der Waals surface area contributed by atoms with E-state index in [1.54, 1.807) is 0 Å². The van der Waals surface area contributed by atoms with Gasteiger partial charge in [-0.25, -0.2) is 0 Å². The zero-order valence-corrected chi connectivity index (χ0v) is 7.39. The van der Waals surface area contributed by atoms with Gasteiger partial charge in [0.15, 0.2) is 0 Å². The first-order valence-corrected chi connectivity index (χ1v) is 3.85. The number of H-pyrrole nitrogens is 1. The van der Waals surface area contributed by atoms with Crippen LogP contribution < -0.4 is 5.32 Å². The molecule has 76 valence electrons. The Hall–Kier alpha value is -1.99. The normalized spacial score (nSPS) is 12.1. The van der Waals surface area contributed by atoms with Crippen LogP contribution in [-0.4, -0.2) is 44.2 Å². The van der Waals surface area contributed by atoms with Gasteiger partial charge in [-0.05, 0) is 5.21 Å². The van der Waals surface area contributed by atoms with E-state index in [0.717, 1.165) is 0 Å². The Kier molecular flexibility index (Phi) is 3.10. The zero-order chi connectivity index (χ0) is 10.6. The molecular weight excluding hydrogens is 190 g/mol. The van der Waals surface area contributed by atoms with Gasteiger partial charge >= 0.3 is 5.97 Å². The Balaban J connectivity index is 2.40. The molecule has 8 heteroatoms. The highest BCUT2D eigenvalue weighted by atomic mass is 16.4. The predicted octanol–water partition coefficient (Wildman–Crippen LogP) is -1.35. The summed E-state index contributed by atoms with van der Waals surface area (Å²) in [6.45, 7) is 1.52. The van der Waals surface area contributed by atoms with Crippen LogP contribution in [0.3, 0.4) is 0 Å². The molecule has 0 spiro atoms. The zero-order valence-electron chi connectivity index (χ0n) is 7.39. The second-order valence-electron chi connectivity index (χ2n) is 2.68. The minimum atomic E-state index is -0.974. The summed E-state index contributed by atoms with van der Waals surface area (Å²) in [5.41, 5.74) is 0. The van der Waals surface area contributed by atoms with E-state index in [0.29, 0.717) is 0 Å². The molecule has 0 radical (unpaired) electrons. The van der Waals surface area contributed by atoms with E-state index in [9.17, 15) is 9.59 Å². The molecule has 1 unspecified atom stereocenters. The number of nitrogens with zero attached hydrogens (tertiary/aromatic N) is 3. The summed E-state index contributed by atoms with van der Waals surface area (Å²) < 4.78 is 0. The highest BCUT2D eigenvalue weighted by Gasteiger charge is 2.15. The third kappa shape index (κ3) is 2.51. The molecule has 0 aliphatic rings. The van der Waals surface area contributed by atoms with Gasteiger partial charge < -0.3 is 10.4 Å². The number of rotatable bonds is 4. The molecule has 0 aliphatic carbocycles. The number of carboxylic acid groups (broad SMARTS) is 1. The monoisotopic (exact) mass is 199 g/mol. The first-order valence-electron chi connectivity index (χ1n) is 3.85. The molecule has 1 heterocycles. The van der Waals surface area contributed by atoms with Crippen molar-refractivity contribution in [3.05, 3.63) is 5.82 Å². The van der Waals surface area contributed by atoms with E-state index in [1.807, 2.05) is 0 Å². The fraction of sp³-hybridized carbons (Fsp3) is 0.500. The van der Waals surface area contributed by atoms with Gasteiger partial charge in [-0.1, -0.05) is 6.92 Å². The highest BCUT2D eigenvalue weighted by molar-refractivity contribution is 5.90. The summed E-state index contributed by atoms with van der Waals surface area (Å²) in [6.07, 6.45) is 0. The maximum Gasteiger partial charge on any atom is 0.308 e. The van der Waals surface area contributed by atoms with Gasteiger partial charge in [0.05, 0.1) is 5.92 Å². The largest absolute Gasteiger partial charge is 0.481 e. The standard InChI is InChI=1S/C6H9N5O3/c1-3(6(13)14)2-7-5(12)4-8-10-11-9-4/h3H,2H2,1H3,(H,7,12)(H,13,14)(H,8,9,10,11). The van der Waals surface area contributed by atoms with Crippen molar-refractivity contribution in [2.45, 2.75) is 6.92 Å². The fourth-order valence-corrected chi connectivity index (χ4v) is 0.670. The van der Waals surface area contributed by atoms with Crippen LogP contribution in [0.2, 0.25) is 0 Å². The van der Waals surface area contributed by atoms with Crippen LogP contribution in [0.25, 0.3) is 0 Å². The Morgan fingerprint density at radius 2 is 2.36 bits per heavy atom. The van der Waals surface area contributed by atoms with E-state index < -0.39 is 17.8 Å². The van der Waals surface area contributed by atoms with Gasteiger partial charge in [-0.15, -0.1) is 10.2 Å². The van der Waals surface area contributed by atoms with Crippen molar-refractivity contribution >= 4 is 11.9 Å². The minimum Gasteiger partial charge on any atom is -0.481 e. The van der Waals surface area contributed by atoms with E-state index in [2.05, 4.69) is 25.9 Å². The van der Waals surface area contributed by atoms with Crippen LogP contribution in [0.5, 0.6) is 0 Å². The Bertz CT molecular complexity index is 322. The average Bonchev–Trinajstić information content (AvgIpc) is 2.66. The minimum absolute atomic E-state index is 0.0305. The van der Waals surface area contributed by atoms with Crippen molar-refractivity contribution in [1.29, 1.82) is 0 Å². The first-order chi connectivity index (χ1) is 6.61.